The zero-order valence-corrected chi connectivity index (χ0v) is 12.9. The van der Waals surface area contributed by atoms with E-state index in [0.29, 0.717) is 17.2 Å². The Balaban J connectivity index is 2.12. The predicted molar refractivity (Wildman–Crippen MR) is 79.4 cm³/mol. The number of hydrogen-bond donors (Lipinski definition) is 0. The van der Waals surface area contributed by atoms with E-state index in [0.717, 1.165) is 10.0 Å². The van der Waals surface area contributed by atoms with Gasteiger partial charge in [0.1, 0.15) is 18.2 Å². The Kier molecular flexibility index (Phi) is 5.08. The summed E-state index contributed by atoms with van der Waals surface area (Å²) in [7, 11) is 0. The lowest BCUT2D eigenvalue weighted by Gasteiger charge is -2.10. The quantitative estimate of drug-likeness (QED) is 0.646. The molecule has 0 aliphatic carbocycles. The lowest BCUT2D eigenvalue weighted by atomic mass is 10.2. The Hall–Kier alpha value is -0.770. The van der Waals surface area contributed by atoms with Gasteiger partial charge in [-0.15, -0.1) is 11.6 Å². The first kappa shape index (κ1) is 14.6. The summed E-state index contributed by atoms with van der Waals surface area (Å²) in [6, 6.07) is 10.2. The molecule has 0 fully saturated rings. The Labute approximate surface area is 129 Å². The van der Waals surface area contributed by atoms with Gasteiger partial charge in [0.25, 0.3) is 0 Å². The van der Waals surface area contributed by atoms with Gasteiger partial charge in [0.05, 0.1) is 5.02 Å². The highest BCUT2D eigenvalue weighted by atomic mass is 79.9. The summed E-state index contributed by atoms with van der Waals surface area (Å²) >= 11 is 15.1. The van der Waals surface area contributed by atoms with Crippen molar-refractivity contribution in [2.45, 2.75) is 12.5 Å². The average molecular weight is 364 g/mol. The molecule has 2 aromatic carbocycles. The van der Waals surface area contributed by atoms with Gasteiger partial charge >= 0.3 is 0 Å². The van der Waals surface area contributed by atoms with E-state index < -0.39 is 5.82 Å². The number of alkyl halides is 1. The van der Waals surface area contributed by atoms with Crippen molar-refractivity contribution in [1.82, 2.24) is 0 Å². The van der Waals surface area contributed by atoms with E-state index in [9.17, 15) is 4.39 Å². The topological polar surface area (TPSA) is 9.23 Å². The average Bonchev–Trinajstić information content (AvgIpc) is 2.42. The highest BCUT2D eigenvalue weighted by Gasteiger charge is 2.07. The minimum atomic E-state index is -0.444. The summed E-state index contributed by atoms with van der Waals surface area (Å²) in [5.74, 6) is 0.609. The first-order valence-electron chi connectivity index (χ1n) is 5.52. The Bertz CT molecular complexity index is 590. The molecule has 1 nitrogen and oxygen atoms in total. The van der Waals surface area contributed by atoms with Gasteiger partial charge < -0.3 is 4.74 Å². The van der Waals surface area contributed by atoms with Crippen molar-refractivity contribution in [1.29, 1.82) is 0 Å². The van der Waals surface area contributed by atoms with Gasteiger partial charge in [0.2, 0.25) is 0 Å². The summed E-state index contributed by atoms with van der Waals surface area (Å²) in [5, 5.41) is 0.0946. The Morgan fingerprint density at radius 1 is 1.16 bits per heavy atom. The summed E-state index contributed by atoms with van der Waals surface area (Å²) in [6.45, 7) is 0.208. The van der Waals surface area contributed by atoms with Crippen LogP contribution in [0.5, 0.6) is 5.75 Å². The zero-order valence-electron chi connectivity index (χ0n) is 9.80. The molecule has 5 heteroatoms. The number of ether oxygens (including phenoxy) is 1. The van der Waals surface area contributed by atoms with Crippen molar-refractivity contribution < 1.29 is 9.13 Å². The van der Waals surface area contributed by atoms with E-state index in [1.165, 1.54) is 6.07 Å². The van der Waals surface area contributed by atoms with E-state index in [2.05, 4.69) is 15.9 Å². The minimum absolute atomic E-state index is 0.0946. The van der Waals surface area contributed by atoms with Crippen molar-refractivity contribution in [2.75, 3.05) is 0 Å². The molecule has 0 spiro atoms. The molecule has 0 radical (unpaired) electrons. The van der Waals surface area contributed by atoms with Crippen LogP contribution in [0.1, 0.15) is 11.1 Å². The van der Waals surface area contributed by atoms with E-state index in [-0.39, 0.29) is 11.6 Å². The SMILES string of the molecule is Fc1cccc(COc2ccc(Br)c(CCl)c2)c1Cl. The van der Waals surface area contributed by atoms with Crippen molar-refractivity contribution in [2.24, 2.45) is 0 Å². The van der Waals surface area contributed by atoms with E-state index in [4.69, 9.17) is 27.9 Å². The van der Waals surface area contributed by atoms with Crippen molar-refractivity contribution in [3.05, 3.63) is 62.8 Å². The van der Waals surface area contributed by atoms with Crippen molar-refractivity contribution in [3.63, 3.8) is 0 Å². The van der Waals surface area contributed by atoms with Crippen LogP contribution in [0, 0.1) is 5.82 Å². The first-order chi connectivity index (χ1) is 9.11. The monoisotopic (exact) mass is 362 g/mol. The van der Waals surface area contributed by atoms with Gasteiger partial charge in [0.15, 0.2) is 0 Å². The molecule has 0 aliphatic heterocycles. The van der Waals surface area contributed by atoms with Gasteiger partial charge in [0, 0.05) is 15.9 Å². The zero-order chi connectivity index (χ0) is 13.8. The molecule has 19 heavy (non-hydrogen) atoms. The number of hydrogen-bond acceptors (Lipinski definition) is 1. The standard InChI is InChI=1S/C14H10BrCl2FO/c15-12-5-4-11(6-10(12)7-16)19-8-9-2-1-3-13(18)14(9)17/h1-6H,7-8H2. The molecular weight excluding hydrogens is 354 g/mol. The molecule has 0 heterocycles. The number of rotatable bonds is 4. The molecule has 2 aromatic rings. The van der Waals surface area contributed by atoms with Gasteiger partial charge in [-0.05, 0) is 29.8 Å². The smallest absolute Gasteiger partial charge is 0.142 e. The van der Waals surface area contributed by atoms with Crippen molar-refractivity contribution >= 4 is 39.1 Å². The fourth-order valence-corrected chi connectivity index (χ4v) is 2.51. The molecule has 0 atom stereocenters. The summed E-state index contributed by atoms with van der Waals surface area (Å²) in [4.78, 5) is 0. The number of halogens is 4. The molecule has 0 aromatic heterocycles. The highest BCUT2D eigenvalue weighted by Crippen LogP contribution is 2.26. The minimum Gasteiger partial charge on any atom is -0.489 e. The van der Waals surface area contributed by atoms with Crippen LogP contribution in [0.2, 0.25) is 5.02 Å². The number of benzene rings is 2. The molecule has 0 saturated carbocycles. The molecule has 0 unspecified atom stereocenters. The fourth-order valence-electron chi connectivity index (χ4n) is 1.56. The maximum atomic E-state index is 13.3. The second-order valence-electron chi connectivity index (χ2n) is 3.89. The second-order valence-corrected chi connectivity index (χ2v) is 5.39. The van der Waals surface area contributed by atoms with Gasteiger partial charge in [-0.1, -0.05) is 39.7 Å². The van der Waals surface area contributed by atoms with Crippen LogP contribution in [0.4, 0.5) is 4.39 Å². The maximum absolute atomic E-state index is 13.3. The normalized spacial score (nSPS) is 10.5. The molecule has 0 amide bonds. The van der Waals surface area contributed by atoms with Crippen LogP contribution in [-0.2, 0) is 12.5 Å². The van der Waals surface area contributed by atoms with Gasteiger partial charge in [-0.3, -0.25) is 0 Å². The summed E-state index contributed by atoms with van der Waals surface area (Å²) < 4.78 is 19.8. The Morgan fingerprint density at radius 2 is 1.95 bits per heavy atom. The van der Waals surface area contributed by atoms with E-state index in [1.54, 1.807) is 12.1 Å². The predicted octanol–water partition coefficient (Wildman–Crippen LogP) is 5.56. The molecule has 100 valence electrons. The molecule has 0 saturated heterocycles. The summed E-state index contributed by atoms with van der Waals surface area (Å²) in [6.07, 6.45) is 0. The summed E-state index contributed by atoms with van der Waals surface area (Å²) in [5.41, 5.74) is 1.54. The van der Waals surface area contributed by atoms with E-state index in [1.807, 2.05) is 18.2 Å². The molecular formula is C14H10BrCl2FO. The maximum Gasteiger partial charge on any atom is 0.142 e. The van der Waals surface area contributed by atoms with Crippen LogP contribution in [0.15, 0.2) is 40.9 Å². The molecule has 0 aliphatic rings. The van der Waals surface area contributed by atoms with Crippen LogP contribution in [0.25, 0.3) is 0 Å². The Morgan fingerprint density at radius 3 is 2.68 bits per heavy atom. The second kappa shape index (κ2) is 6.60. The lowest BCUT2D eigenvalue weighted by molar-refractivity contribution is 0.305. The van der Waals surface area contributed by atoms with Gasteiger partial charge in [-0.25, -0.2) is 4.39 Å². The fraction of sp³-hybridized carbons (Fsp3) is 0.143. The third kappa shape index (κ3) is 3.62. The van der Waals surface area contributed by atoms with Crippen LogP contribution in [-0.4, -0.2) is 0 Å². The van der Waals surface area contributed by atoms with Crippen molar-refractivity contribution in [3.8, 4) is 5.75 Å². The first-order valence-corrected chi connectivity index (χ1v) is 7.22. The van der Waals surface area contributed by atoms with Gasteiger partial charge in [-0.2, -0.15) is 0 Å². The molecule has 2 rings (SSSR count). The third-order valence-electron chi connectivity index (χ3n) is 2.59. The van der Waals surface area contributed by atoms with Crippen LogP contribution >= 0.6 is 39.1 Å². The highest BCUT2D eigenvalue weighted by molar-refractivity contribution is 9.10. The largest absolute Gasteiger partial charge is 0.489 e. The molecule has 0 bridgehead atoms. The lowest BCUT2D eigenvalue weighted by Crippen LogP contribution is -1.98. The third-order valence-corrected chi connectivity index (χ3v) is 4.07. The van der Waals surface area contributed by atoms with Crippen LogP contribution < -0.4 is 4.74 Å². The molecule has 0 N–H and O–H groups in total. The van der Waals surface area contributed by atoms with E-state index >= 15 is 0 Å². The van der Waals surface area contributed by atoms with Crippen LogP contribution in [0.3, 0.4) is 0 Å².